The number of rotatable bonds is 0. The largest absolute Gasteiger partial charge is 0.327 e. The van der Waals surface area contributed by atoms with Crippen LogP contribution in [0.4, 0.5) is 0 Å². The average Bonchev–Trinajstić information content (AvgIpc) is 2.42. The molecule has 4 heteroatoms. The van der Waals surface area contributed by atoms with Gasteiger partial charge in [0.1, 0.15) is 5.82 Å². The third-order valence-electron chi connectivity index (χ3n) is 2.83. The van der Waals surface area contributed by atoms with Crippen LogP contribution in [0, 0.1) is 0 Å². The first-order chi connectivity index (χ1) is 7.34. The number of nitrogens with one attached hydrogen (secondary N) is 1. The van der Waals surface area contributed by atoms with Crippen molar-refractivity contribution in [3.63, 3.8) is 0 Å². The van der Waals surface area contributed by atoms with E-state index in [0.29, 0.717) is 0 Å². The number of benzene rings is 1. The highest BCUT2D eigenvalue weighted by Crippen LogP contribution is 2.21. The summed E-state index contributed by atoms with van der Waals surface area (Å²) in [5.41, 5.74) is 2.35. The van der Waals surface area contributed by atoms with Gasteiger partial charge < -0.3 is 9.88 Å². The molecule has 0 atom stereocenters. The predicted octanol–water partition coefficient (Wildman–Crippen LogP) is 1.94. The van der Waals surface area contributed by atoms with Crippen molar-refractivity contribution in [1.29, 1.82) is 0 Å². The van der Waals surface area contributed by atoms with Gasteiger partial charge in [-0.15, -0.1) is 0 Å². The van der Waals surface area contributed by atoms with Crippen molar-refractivity contribution < 1.29 is 0 Å². The van der Waals surface area contributed by atoms with E-state index < -0.39 is 0 Å². The molecular formula is C11H12BrN3. The molecule has 0 fully saturated rings. The quantitative estimate of drug-likeness (QED) is 0.789. The first-order valence-electron chi connectivity index (χ1n) is 5.20. The lowest BCUT2D eigenvalue weighted by molar-refractivity contribution is 0.657. The molecule has 1 N–H and O–H groups in total. The third-order valence-corrected chi connectivity index (χ3v) is 3.32. The van der Waals surface area contributed by atoms with E-state index in [-0.39, 0.29) is 0 Å². The van der Waals surface area contributed by atoms with E-state index in [1.54, 1.807) is 0 Å². The average molecular weight is 266 g/mol. The predicted molar refractivity (Wildman–Crippen MR) is 64.0 cm³/mol. The molecule has 0 spiro atoms. The normalized spacial score (nSPS) is 16.3. The van der Waals surface area contributed by atoms with Gasteiger partial charge in [0.2, 0.25) is 0 Å². The Hall–Kier alpha value is -0.870. The lowest BCUT2D eigenvalue weighted by atomic mass is 10.3. The summed E-state index contributed by atoms with van der Waals surface area (Å²) in [6.07, 6.45) is 1.02. The zero-order valence-corrected chi connectivity index (χ0v) is 9.92. The highest BCUT2D eigenvalue weighted by molar-refractivity contribution is 9.10. The lowest BCUT2D eigenvalue weighted by Crippen LogP contribution is -2.17. The molecule has 1 aliphatic rings. The van der Waals surface area contributed by atoms with Gasteiger partial charge in [-0.2, -0.15) is 0 Å². The molecule has 0 saturated carbocycles. The van der Waals surface area contributed by atoms with Crippen LogP contribution in [0.25, 0.3) is 11.0 Å². The Morgan fingerprint density at radius 2 is 2.27 bits per heavy atom. The van der Waals surface area contributed by atoms with Crippen LogP contribution in [0.1, 0.15) is 5.82 Å². The molecule has 0 aliphatic carbocycles. The van der Waals surface area contributed by atoms with E-state index in [2.05, 4.69) is 49.0 Å². The Morgan fingerprint density at radius 3 is 3.20 bits per heavy atom. The molecule has 2 heterocycles. The maximum absolute atomic E-state index is 4.67. The second kappa shape index (κ2) is 3.61. The molecule has 1 aromatic heterocycles. The highest BCUT2D eigenvalue weighted by atomic mass is 79.9. The summed E-state index contributed by atoms with van der Waals surface area (Å²) >= 11 is 3.48. The molecule has 2 aromatic rings. The second-order valence-corrected chi connectivity index (χ2v) is 4.73. The molecule has 0 bridgehead atoms. The molecule has 0 saturated heterocycles. The SMILES string of the molecule is Brc1ccc2c(c1)nc1n2CCNCC1. The summed E-state index contributed by atoms with van der Waals surface area (Å²) in [4.78, 5) is 4.67. The van der Waals surface area contributed by atoms with Gasteiger partial charge in [-0.3, -0.25) is 0 Å². The summed E-state index contributed by atoms with van der Waals surface area (Å²) in [6, 6.07) is 6.31. The van der Waals surface area contributed by atoms with Crippen molar-refractivity contribution in [2.24, 2.45) is 0 Å². The van der Waals surface area contributed by atoms with Crippen LogP contribution in [-0.2, 0) is 13.0 Å². The standard InChI is InChI=1S/C11H12BrN3/c12-8-1-2-10-9(7-8)14-11-3-4-13-5-6-15(10)11/h1-2,7,13H,3-6H2. The zero-order valence-electron chi connectivity index (χ0n) is 8.33. The first-order valence-corrected chi connectivity index (χ1v) is 5.99. The number of fused-ring (bicyclic) bond motifs is 3. The van der Waals surface area contributed by atoms with Gasteiger partial charge in [-0.25, -0.2) is 4.98 Å². The minimum absolute atomic E-state index is 1.02. The van der Waals surface area contributed by atoms with Crippen LogP contribution >= 0.6 is 15.9 Å². The molecule has 3 rings (SSSR count). The van der Waals surface area contributed by atoms with Crippen molar-refractivity contribution in [2.45, 2.75) is 13.0 Å². The molecule has 0 radical (unpaired) electrons. The van der Waals surface area contributed by atoms with Gasteiger partial charge in [0.05, 0.1) is 11.0 Å². The summed E-state index contributed by atoms with van der Waals surface area (Å²) in [7, 11) is 0. The van der Waals surface area contributed by atoms with E-state index in [9.17, 15) is 0 Å². The summed E-state index contributed by atoms with van der Waals surface area (Å²) in [5.74, 6) is 1.20. The molecule has 0 unspecified atom stereocenters. The third kappa shape index (κ3) is 1.58. The van der Waals surface area contributed by atoms with E-state index in [1.807, 2.05) is 0 Å². The number of hydrogen-bond acceptors (Lipinski definition) is 2. The zero-order chi connectivity index (χ0) is 10.3. The van der Waals surface area contributed by atoms with Crippen molar-refractivity contribution in [3.05, 3.63) is 28.5 Å². The Kier molecular flexibility index (Phi) is 2.25. The smallest absolute Gasteiger partial charge is 0.111 e. The fraction of sp³-hybridized carbons (Fsp3) is 0.364. The van der Waals surface area contributed by atoms with Gasteiger partial charge in [0.25, 0.3) is 0 Å². The first kappa shape index (κ1) is 9.36. The highest BCUT2D eigenvalue weighted by Gasteiger charge is 2.12. The van der Waals surface area contributed by atoms with Gasteiger partial charge >= 0.3 is 0 Å². The van der Waals surface area contributed by atoms with Crippen molar-refractivity contribution in [2.75, 3.05) is 13.1 Å². The monoisotopic (exact) mass is 265 g/mol. The maximum atomic E-state index is 4.67. The van der Waals surface area contributed by atoms with E-state index in [4.69, 9.17) is 0 Å². The van der Waals surface area contributed by atoms with Crippen molar-refractivity contribution in [1.82, 2.24) is 14.9 Å². The van der Waals surface area contributed by atoms with Gasteiger partial charge in [-0.1, -0.05) is 15.9 Å². The molecule has 0 amide bonds. The summed E-state index contributed by atoms with van der Waals surface area (Å²) in [6.45, 7) is 3.09. The maximum Gasteiger partial charge on any atom is 0.111 e. The Bertz CT molecular complexity index is 504. The Morgan fingerprint density at radius 1 is 1.33 bits per heavy atom. The summed E-state index contributed by atoms with van der Waals surface area (Å²) in [5, 5.41) is 3.39. The van der Waals surface area contributed by atoms with Crippen LogP contribution in [-0.4, -0.2) is 22.6 Å². The number of aromatic nitrogens is 2. The van der Waals surface area contributed by atoms with Gasteiger partial charge in [0.15, 0.2) is 0 Å². The van der Waals surface area contributed by atoms with E-state index in [0.717, 1.165) is 36.0 Å². The molecule has 3 nitrogen and oxygen atoms in total. The minimum atomic E-state index is 1.02. The van der Waals surface area contributed by atoms with Crippen LogP contribution in [0.3, 0.4) is 0 Å². The number of imidazole rings is 1. The van der Waals surface area contributed by atoms with Crippen molar-refractivity contribution >= 4 is 27.0 Å². The van der Waals surface area contributed by atoms with Crippen LogP contribution in [0.5, 0.6) is 0 Å². The van der Waals surface area contributed by atoms with Crippen molar-refractivity contribution in [3.8, 4) is 0 Å². The molecule has 78 valence electrons. The lowest BCUT2D eigenvalue weighted by Gasteiger charge is -2.03. The fourth-order valence-corrected chi connectivity index (χ4v) is 2.46. The number of nitrogens with zero attached hydrogens (tertiary/aromatic N) is 2. The van der Waals surface area contributed by atoms with Gasteiger partial charge in [-0.05, 0) is 18.2 Å². The van der Waals surface area contributed by atoms with Crippen LogP contribution in [0.2, 0.25) is 0 Å². The van der Waals surface area contributed by atoms with E-state index in [1.165, 1.54) is 11.3 Å². The molecular weight excluding hydrogens is 254 g/mol. The van der Waals surface area contributed by atoms with E-state index >= 15 is 0 Å². The summed E-state index contributed by atoms with van der Waals surface area (Å²) < 4.78 is 3.42. The number of halogens is 1. The minimum Gasteiger partial charge on any atom is -0.327 e. The second-order valence-electron chi connectivity index (χ2n) is 3.81. The Balaban J connectivity index is 2.23. The fourth-order valence-electron chi connectivity index (χ4n) is 2.11. The topological polar surface area (TPSA) is 29.9 Å². The molecule has 1 aromatic carbocycles. The van der Waals surface area contributed by atoms with Crippen LogP contribution in [0.15, 0.2) is 22.7 Å². The van der Waals surface area contributed by atoms with Crippen LogP contribution < -0.4 is 5.32 Å². The Labute approximate surface area is 96.6 Å². The molecule has 1 aliphatic heterocycles. The molecule has 15 heavy (non-hydrogen) atoms. The van der Waals surface area contributed by atoms with Gasteiger partial charge in [0, 0.05) is 30.5 Å². The number of hydrogen-bond donors (Lipinski definition) is 1.